The van der Waals surface area contributed by atoms with Crippen LogP contribution in [0.5, 0.6) is 0 Å². The third-order valence-corrected chi connectivity index (χ3v) is 4.85. The minimum absolute atomic E-state index is 0.104. The summed E-state index contributed by atoms with van der Waals surface area (Å²) in [5.74, 6) is 0.667. The molecule has 0 saturated heterocycles. The van der Waals surface area contributed by atoms with Crippen molar-refractivity contribution in [2.24, 2.45) is 5.92 Å². The van der Waals surface area contributed by atoms with Crippen molar-refractivity contribution in [3.05, 3.63) is 22.4 Å². The first-order chi connectivity index (χ1) is 10.7. The summed E-state index contributed by atoms with van der Waals surface area (Å²) in [5.41, 5.74) is 0. The number of nitrogens with one attached hydrogen (secondary N) is 3. The highest BCUT2D eigenvalue weighted by molar-refractivity contribution is 7.09. The average Bonchev–Trinajstić information content (AvgIpc) is 3.17. The highest BCUT2D eigenvalue weighted by atomic mass is 32.1. The maximum Gasteiger partial charge on any atom is 0.314 e. The Morgan fingerprint density at radius 1 is 1.09 bits per heavy atom. The van der Waals surface area contributed by atoms with Gasteiger partial charge in [0, 0.05) is 30.9 Å². The van der Waals surface area contributed by atoms with E-state index in [2.05, 4.69) is 22.0 Å². The fourth-order valence-electron chi connectivity index (χ4n) is 2.74. The molecular weight excluding hydrogens is 298 g/mol. The Labute approximate surface area is 135 Å². The fraction of sp³-hybridized carbons (Fsp3) is 0.625. The molecule has 2 rings (SSSR count). The molecule has 0 bridgehead atoms. The van der Waals surface area contributed by atoms with Gasteiger partial charge >= 0.3 is 6.03 Å². The Morgan fingerprint density at radius 3 is 2.55 bits per heavy atom. The lowest BCUT2D eigenvalue weighted by Crippen LogP contribution is -2.41. The second kappa shape index (κ2) is 9.46. The minimum atomic E-state index is -0.179. The molecule has 0 radical (unpaired) electrons. The largest absolute Gasteiger partial charge is 0.354 e. The van der Waals surface area contributed by atoms with Gasteiger partial charge in [-0.1, -0.05) is 18.9 Å². The van der Waals surface area contributed by atoms with Crippen molar-refractivity contribution in [2.75, 3.05) is 19.6 Å². The lowest BCUT2D eigenvalue weighted by Gasteiger charge is -2.10. The molecular formula is C16H25N3O2S. The van der Waals surface area contributed by atoms with Crippen molar-refractivity contribution in [3.8, 4) is 0 Å². The molecule has 1 aliphatic carbocycles. The molecule has 1 aromatic heterocycles. The number of thiophene rings is 1. The third-order valence-electron chi connectivity index (χ3n) is 3.92. The average molecular weight is 323 g/mol. The van der Waals surface area contributed by atoms with E-state index in [9.17, 15) is 9.59 Å². The predicted molar refractivity (Wildman–Crippen MR) is 89.0 cm³/mol. The molecule has 5 nitrogen and oxygen atoms in total. The van der Waals surface area contributed by atoms with Crippen LogP contribution in [0.3, 0.4) is 0 Å². The lowest BCUT2D eigenvalue weighted by molar-refractivity contribution is -0.121. The van der Waals surface area contributed by atoms with Crippen LogP contribution in [-0.2, 0) is 11.2 Å². The molecule has 1 fully saturated rings. The van der Waals surface area contributed by atoms with Crippen LogP contribution in [0, 0.1) is 5.92 Å². The van der Waals surface area contributed by atoms with Crippen molar-refractivity contribution in [1.82, 2.24) is 16.0 Å². The molecule has 1 aromatic rings. The van der Waals surface area contributed by atoms with Crippen LogP contribution in [0.25, 0.3) is 0 Å². The van der Waals surface area contributed by atoms with Gasteiger partial charge in [-0.05, 0) is 36.6 Å². The summed E-state index contributed by atoms with van der Waals surface area (Å²) >= 11 is 1.69. The van der Waals surface area contributed by atoms with Crippen LogP contribution in [-0.4, -0.2) is 31.6 Å². The summed E-state index contributed by atoms with van der Waals surface area (Å²) in [7, 11) is 0. The smallest absolute Gasteiger partial charge is 0.314 e. The van der Waals surface area contributed by atoms with Crippen molar-refractivity contribution < 1.29 is 9.59 Å². The fourth-order valence-corrected chi connectivity index (χ4v) is 3.45. The van der Waals surface area contributed by atoms with E-state index >= 15 is 0 Å². The van der Waals surface area contributed by atoms with E-state index in [1.54, 1.807) is 11.3 Å². The van der Waals surface area contributed by atoms with Crippen LogP contribution < -0.4 is 16.0 Å². The van der Waals surface area contributed by atoms with Crippen LogP contribution in [0.4, 0.5) is 4.79 Å². The van der Waals surface area contributed by atoms with E-state index in [1.165, 1.54) is 30.6 Å². The third kappa shape index (κ3) is 6.47. The normalized spacial score (nSPS) is 14.7. The highest BCUT2D eigenvalue weighted by Crippen LogP contribution is 2.27. The molecule has 3 amide bonds. The Kier molecular flexibility index (Phi) is 7.22. The first-order valence-electron chi connectivity index (χ1n) is 8.05. The van der Waals surface area contributed by atoms with Gasteiger partial charge in [-0.3, -0.25) is 4.79 Å². The zero-order chi connectivity index (χ0) is 15.6. The highest BCUT2D eigenvalue weighted by Gasteiger charge is 2.17. The zero-order valence-corrected chi connectivity index (χ0v) is 13.7. The number of amides is 3. The van der Waals surface area contributed by atoms with Gasteiger partial charge in [0.15, 0.2) is 0 Å². The van der Waals surface area contributed by atoms with E-state index in [0.717, 1.165) is 6.42 Å². The van der Waals surface area contributed by atoms with Crippen molar-refractivity contribution >= 4 is 23.3 Å². The topological polar surface area (TPSA) is 70.2 Å². The molecule has 1 saturated carbocycles. The van der Waals surface area contributed by atoms with E-state index in [4.69, 9.17) is 0 Å². The van der Waals surface area contributed by atoms with Crippen LogP contribution in [0.2, 0.25) is 0 Å². The van der Waals surface area contributed by atoms with Crippen molar-refractivity contribution in [1.29, 1.82) is 0 Å². The first kappa shape index (κ1) is 16.8. The predicted octanol–water partition coefficient (Wildman–Crippen LogP) is 2.29. The molecule has 122 valence electrons. The van der Waals surface area contributed by atoms with Crippen LogP contribution in [0.15, 0.2) is 17.5 Å². The second-order valence-corrected chi connectivity index (χ2v) is 6.75. The van der Waals surface area contributed by atoms with Gasteiger partial charge in [-0.15, -0.1) is 11.3 Å². The SMILES string of the molecule is O=C(CC1CCCC1)NCCNC(=O)NCCc1cccs1. The summed E-state index contributed by atoms with van der Waals surface area (Å²) in [4.78, 5) is 24.5. The van der Waals surface area contributed by atoms with Gasteiger partial charge in [0.2, 0.25) is 5.91 Å². The Hall–Kier alpha value is -1.56. The molecule has 1 aliphatic rings. The van der Waals surface area contributed by atoms with E-state index < -0.39 is 0 Å². The van der Waals surface area contributed by atoms with Gasteiger partial charge in [-0.2, -0.15) is 0 Å². The summed E-state index contributed by atoms with van der Waals surface area (Å²) < 4.78 is 0. The molecule has 22 heavy (non-hydrogen) atoms. The summed E-state index contributed by atoms with van der Waals surface area (Å²) in [6.07, 6.45) is 6.35. The number of hydrogen-bond donors (Lipinski definition) is 3. The Bertz CT molecular complexity index is 456. The number of hydrogen-bond acceptors (Lipinski definition) is 3. The van der Waals surface area contributed by atoms with Gasteiger partial charge in [0.25, 0.3) is 0 Å². The monoisotopic (exact) mass is 323 g/mol. The number of carbonyl (C=O) groups excluding carboxylic acids is 2. The van der Waals surface area contributed by atoms with E-state index in [-0.39, 0.29) is 11.9 Å². The van der Waals surface area contributed by atoms with Crippen molar-refractivity contribution in [2.45, 2.75) is 38.5 Å². The van der Waals surface area contributed by atoms with Crippen molar-refractivity contribution in [3.63, 3.8) is 0 Å². The zero-order valence-electron chi connectivity index (χ0n) is 12.9. The molecule has 0 aliphatic heterocycles. The van der Waals surface area contributed by atoms with Gasteiger partial charge in [-0.25, -0.2) is 4.79 Å². The van der Waals surface area contributed by atoms with E-state index in [1.807, 2.05) is 11.4 Å². The minimum Gasteiger partial charge on any atom is -0.354 e. The van der Waals surface area contributed by atoms with Crippen LogP contribution >= 0.6 is 11.3 Å². The summed E-state index contributed by atoms with van der Waals surface area (Å²) in [6.45, 7) is 1.57. The number of rotatable bonds is 8. The number of carbonyl (C=O) groups is 2. The van der Waals surface area contributed by atoms with E-state index in [0.29, 0.717) is 32.0 Å². The molecule has 1 heterocycles. The second-order valence-electron chi connectivity index (χ2n) is 5.72. The lowest BCUT2D eigenvalue weighted by atomic mass is 10.0. The number of urea groups is 1. The Morgan fingerprint density at radius 2 is 1.82 bits per heavy atom. The maximum absolute atomic E-state index is 11.7. The van der Waals surface area contributed by atoms with Gasteiger partial charge in [0.1, 0.15) is 0 Å². The first-order valence-corrected chi connectivity index (χ1v) is 8.93. The summed E-state index contributed by atoms with van der Waals surface area (Å²) in [5, 5.41) is 10.5. The Balaban J connectivity index is 1.45. The van der Waals surface area contributed by atoms with Gasteiger partial charge < -0.3 is 16.0 Å². The standard InChI is InChI=1S/C16H25N3O2S/c20-15(12-13-4-1-2-5-13)17-9-10-19-16(21)18-8-7-14-6-3-11-22-14/h3,6,11,13H,1-2,4-5,7-10,12H2,(H,17,20)(H2,18,19,21). The summed E-state index contributed by atoms with van der Waals surface area (Å²) in [6, 6.07) is 3.89. The molecule has 0 spiro atoms. The molecule has 3 N–H and O–H groups in total. The molecule has 0 aromatic carbocycles. The molecule has 6 heteroatoms. The van der Waals surface area contributed by atoms with Crippen LogP contribution in [0.1, 0.15) is 37.0 Å². The molecule has 0 atom stereocenters. The molecule has 0 unspecified atom stereocenters. The van der Waals surface area contributed by atoms with Gasteiger partial charge in [0.05, 0.1) is 0 Å². The maximum atomic E-state index is 11.7. The quantitative estimate of drug-likeness (QED) is 0.642.